The Labute approximate surface area is 156 Å². The van der Waals surface area contributed by atoms with Gasteiger partial charge in [-0.3, -0.25) is 4.90 Å². The fraction of sp³-hybridized carbons (Fsp3) is 0.348. The largest absolute Gasteiger partial charge is 0.331 e. The normalized spacial score (nSPS) is 16.0. The van der Waals surface area contributed by atoms with Crippen LogP contribution in [0.15, 0.2) is 67.0 Å². The first kappa shape index (κ1) is 17.0. The van der Waals surface area contributed by atoms with E-state index in [1.807, 2.05) is 6.20 Å². The second-order valence-electron chi connectivity index (χ2n) is 7.42. The van der Waals surface area contributed by atoms with Gasteiger partial charge in [-0.05, 0) is 49.9 Å². The minimum atomic E-state index is 0.736. The maximum absolute atomic E-state index is 4.58. The molecular weight excluding hydrogens is 318 g/mol. The molecule has 26 heavy (non-hydrogen) atoms. The van der Waals surface area contributed by atoms with Gasteiger partial charge in [0, 0.05) is 31.0 Å². The van der Waals surface area contributed by atoms with Crippen LogP contribution in [0.1, 0.15) is 24.0 Å². The van der Waals surface area contributed by atoms with Gasteiger partial charge in [0.15, 0.2) is 0 Å². The fourth-order valence-corrected chi connectivity index (χ4v) is 3.94. The lowest BCUT2D eigenvalue weighted by Gasteiger charge is -2.32. The molecule has 1 aliphatic rings. The van der Waals surface area contributed by atoms with E-state index in [1.54, 1.807) is 0 Å². The number of likely N-dealkylation sites (tertiary alicyclic amines) is 1. The molecule has 0 unspecified atom stereocenters. The zero-order valence-corrected chi connectivity index (χ0v) is 15.5. The predicted octanol–water partition coefficient (Wildman–Crippen LogP) is 4.77. The van der Waals surface area contributed by atoms with Gasteiger partial charge in [0.1, 0.15) is 5.82 Å². The number of aromatic nitrogens is 2. The summed E-state index contributed by atoms with van der Waals surface area (Å²) >= 11 is 0. The molecule has 0 aliphatic carbocycles. The van der Waals surface area contributed by atoms with E-state index in [9.17, 15) is 0 Å². The molecule has 0 amide bonds. The maximum atomic E-state index is 4.58. The lowest BCUT2D eigenvalue weighted by atomic mass is 9.96. The Morgan fingerprint density at radius 2 is 1.69 bits per heavy atom. The average Bonchev–Trinajstić information content (AvgIpc) is 3.14. The molecule has 1 saturated heterocycles. The number of nitrogens with zero attached hydrogens (tertiary/aromatic N) is 3. The molecule has 0 spiro atoms. The summed E-state index contributed by atoms with van der Waals surface area (Å²) < 4.78 is 2.33. The third kappa shape index (κ3) is 3.88. The molecule has 0 saturated carbocycles. The van der Waals surface area contributed by atoms with Crippen LogP contribution in [0.5, 0.6) is 0 Å². The van der Waals surface area contributed by atoms with Crippen molar-refractivity contribution in [1.29, 1.82) is 0 Å². The summed E-state index contributed by atoms with van der Waals surface area (Å²) in [6.45, 7) is 6.75. The lowest BCUT2D eigenvalue weighted by Crippen LogP contribution is -2.34. The van der Waals surface area contributed by atoms with Gasteiger partial charge in [0.2, 0.25) is 0 Å². The highest BCUT2D eigenvalue weighted by atomic mass is 15.1. The number of benzene rings is 2. The van der Waals surface area contributed by atoms with Crippen LogP contribution in [0, 0.1) is 12.8 Å². The molecule has 0 radical (unpaired) electrons. The molecular formula is C23H27N3. The van der Waals surface area contributed by atoms with E-state index in [0.29, 0.717) is 0 Å². The van der Waals surface area contributed by atoms with Gasteiger partial charge in [-0.2, -0.15) is 0 Å². The summed E-state index contributed by atoms with van der Waals surface area (Å²) in [6.07, 6.45) is 6.58. The molecule has 1 aliphatic heterocycles. The smallest absolute Gasteiger partial charge is 0.139 e. The van der Waals surface area contributed by atoms with Crippen LogP contribution in [0.25, 0.3) is 11.4 Å². The molecule has 2 aromatic carbocycles. The minimum absolute atomic E-state index is 0.736. The Morgan fingerprint density at radius 3 is 2.46 bits per heavy atom. The second kappa shape index (κ2) is 7.88. The molecule has 134 valence electrons. The molecule has 1 aromatic heterocycles. The van der Waals surface area contributed by atoms with E-state index in [0.717, 1.165) is 24.8 Å². The first-order chi connectivity index (χ1) is 12.8. The Kier molecular flexibility index (Phi) is 5.16. The molecule has 3 aromatic rings. The fourth-order valence-electron chi connectivity index (χ4n) is 3.94. The van der Waals surface area contributed by atoms with E-state index in [-0.39, 0.29) is 0 Å². The van der Waals surface area contributed by atoms with Crippen LogP contribution in [0.4, 0.5) is 0 Å². The van der Waals surface area contributed by atoms with Crippen LogP contribution < -0.4 is 0 Å². The van der Waals surface area contributed by atoms with Gasteiger partial charge in [-0.15, -0.1) is 0 Å². The SMILES string of the molecule is Cc1ccccc1CN1CCC(Cn2ccnc2-c2ccccc2)CC1. The third-order valence-electron chi connectivity index (χ3n) is 5.56. The average molecular weight is 345 g/mol. The van der Waals surface area contributed by atoms with E-state index >= 15 is 0 Å². The summed E-state index contributed by atoms with van der Waals surface area (Å²) in [5.41, 5.74) is 4.07. The topological polar surface area (TPSA) is 21.1 Å². The quantitative estimate of drug-likeness (QED) is 0.664. The number of rotatable bonds is 5. The Bertz CT molecular complexity index is 829. The molecule has 0 atom stereocenters. The summed E-state index contributed by atoms with van der Waals surface area (Å²) in [7, 11) is 0. The summed E-state index contributed by atoms with van der Waals surface area (Å²) in [6, 6.07) is 19.3. The number of piperidine rings is 1. The molecule has 0 bridgehead atoms. The van der Waals surface area contributed by atoms with Crippen molar-refractivity contribution in [2.24, 2.45) is 5.92 Å². The highest BCUT2D eigenvalue weighted by molar-refractivity contribution is 5.55. The zero-order chi connectivity index (χ0) is 17.8. The number of aryl methyl sites for hydroxylation is 1. The molecule has 3 nitrogen and oxygen atoms in total. The summed E-state index contributed by atoms with van der Waals surface area (Å²) in [5.74, 6) is 1.83. The highest BCUT2D eigenvalue weighted by Gasteiger charge is 2.21. The first-order valence-corrected chi connectivity index (χ1v) is 9.63. The van der Waals surface area contributed by atoms with Crippen LogP contribution in [0.2, 0.25) is 0 Å². The first-order valence-electron chi connectivity index (χ1n) is 9.63. The molecule has 3 heteroatoms. The van der Waals surface area contributed by atoms with Crippen LogP contribution in [-0.4, -0.2) is 27.5 Å². The zero-order valence-electron chi connectivity index (χ0n) is 15.5. The number of imidazole rings is 1. The Balaban J connectivity index is 1.35. The van der Waals surface area contributed by atoms with Crippen molar-refractivity contribution in [3.05, 3.63) is 78.1 Å². The molecule has 0 N–H and O–H groups in total. The summed E-state index contributed by atoms with van der Waals surface area (Å²) in [4.78, 5) is 7.19. The van der Waals surface area contributed by atoms with Crippen LogP contribution in [-0.2, 0) is 13.1 Å². The highest BCUT2D eigenvalue weighted by Crippen LogP contribution is 2.24. The monoisotopic (exact) mass is 345 g/mol. The second-order valence-corrected chi connectivity index (χ2v) is 7.42. The van der Waals surface area contributed by atoms with Crippen molar-refractivity contribution in [2.45, 2.75) is 32.9 Å². The van der Waals surface area contributed by atoms with Crippen molar-refractivity contribution in [1.82, 2.24) is 14.5 Å². The van der Waals surface area contributed by atoms with Crippen molar-refractivity contribution in [2.75, 3.05) is 13.1 Å². The molecule has 2 heterocycles. The maximum Gasteiger partial charge on any atom is 0.139 e. The van der Waals surface area contributed by atoms with E-state index in [4.69, 9.17) is 0 Å². The Hall–Kier alpha value is -2.39. The van der Waals surface area contributed by atoms with Crippen LogP contribution >= 0.6 is 0 Å². The van der Waals surface area contributed by atoms with Gasteiger partial charge in [0.25, 0.3) is 0 Å². The van der Waals surface area contributed by atoms with Crippen molar-refractivity contribution in [3.8, 4) is 11.4 Å². The van der Waals surface area contributed by atoms with Gasteiger partial charge in [-0.1, -0.05) is 54.6 Å². The van der Waals surface area contributed by atoms with E-state index in [2.05, 4.69) is 82.2 Å². The van der Waals surface area contributed by atoms with Crippen molar-refractivity contribution >= 4 is 0 Å². The number of hydrogen-bond donors (Lipinski definition) is 0. The van der Waals surface area contributed by atoms with E-state index in [1.165, 1.54) is 42.6 Å². The number of hydrogen-bond acceptors (Lipinski definition) is 2. The van der Waals surface area contributed by atoms with Crippen molar-refractivity contribution in [3.63, 3.8) is 0 Å². The molecule has 4 rings (SSSR count). The van der Waals surface area contributed by atoms with Gasteiger partial charge >= 0.3 is 0 Å². The van der Waals surface area contributed by atoms with Gasteiger partial charge < -0.3 is 4.57 Å². The standard InChI is InChI=1S/C23H27N3/c1-19-7-5-6-10-22(19)18-25-14-11-20(12-15-25)17-26-16-13-24-23(26)21-8-3-2-4-9-21/h2-10,13,16,20H,11-12,14-15,17-18H2,1H3. The molecule has 1 fully saturated rings. The minimum Gasteiger partial charge on any atom is -0.331 e. The lowest BCUT2D eigenvalue weighted by molar-refractivity contribution is 0.167. The third-order valence-corrected chi connectivity index (χ3v) is 5.56. The van der Waals surface area contributed by atoms with Crippen molar-refractivity contribution < 1.29 is 0 Å². The Morgan fingerprint density at radius 1 is 0.962 bits per heavy atom. The predicted molar refractivity (Wildman–Crippen MR) is 107 cm³/mol. The van der Waals surface area contributed by atoms with Gasteiger partial charge in [0.05, 0.1) is 0 Å². The summed E-state index contributed by atoms with van der Waals surface area (Å²) in [5, 5.41) is 0. The van der Waals surface area contributed by atoms with Gasteiger partial charge in [-0.25, -0.2) is 4.98 Å². The van der Waals surface area contributed by atoms with Crippen LogP contribution in [0.3, 0.4) is 0 Å². The van der Waals surface area contributed by atoms with E-state index < -0.39 is 0 Å².